The average Bonchev–Trinajstić information content (AvgIpc) is 2.73. The number of rotatable bonds is 5. The van der Waals surface area contributed by atoms with Crippen molar-refractivity contribution in [2.75, 3.05) is 19.7 Å². The lowest BCUT2D eigenvalue weighted by atomic mass is 10.0. The number of carbonyl (C=O) groups is 1. The first-order valence-corrected chi connectivity index (χ1v) is 11.1. The van der Waals surface area contributed by atoms with E-state index in [2.05, 4.69) is 4.98 Å². The summed E-state index contributed by atoms with van der Waals surface area (Å²) in [7, 11) is 0. The number of amides is 1. The van der Waals surface area contributed by atoms with E-state index in [0.717, 1.165) is 23.4 Å². The van der Waals surface area contributed by atoms with Crippen LogP contribution in [0.15, 0.2) is 42.1 Å². The highest BCUT2D eigenvalue weighted by Crippen LogP contribution is 2.32. The standard InChI is InChI=1S/C25H29F3N2O4.ClH/c1-5-32-20-13-18(12-17-8-10-30(11-9-17)23(31)34-24(2,3)4)14-21(15-20)33-22-7-6-19(16-29-22)25(26,27)28;/h6-7,12-16H,5,8-11H2,1-4H3;1H. The molecule has 1 aromatic heterocycles. The second kappa shape index (κ2) is 11.7. The van der Waals surface area contributed by atoms with Gasteiger partial charge in [-0.3, -0.25) is 0 Å². The van der Waals surface area contributed by atoms with E-state index in [1.54, 1.807) is 17.0 Å². The number of alkyl halides is 3. The molecule has 0 saturated carbocycles. The van der Waals surface area contributed by atoms with Crippen LogP contribution in [-0.4, -0.2) is 41.3 Å². The third-order valence-electron chi connectivity index (χ3n) is 4.93. The molecule has 1 fully saturated rings. The van der Waals surface area contributed by atoms with Gasteiger partial charge in [0.2, 0.25) is 5.88 Å². The van der Waals surface area contributed by atoms with Crippen molar-refractivity contribution in [1.82, 2.24) is 9.88 Å². The summed E-state index contributed by atoms with van der Waals surface area (Å²) in [4.78, 5) is 17.7. The zero-order valence-electron chi connectivity index (χ0n) is 20.1. The fourth-order valence-corrected chi connectivity index (χ4v) is 3.40. The quantitative estimate of drug-likeness (QED) is 0.425. The molecule has 1 amide bonds. The van der Waals surface area contributed by atoms with Gasteiger partial charge in [-0.1, -0.05) is 11.6 Å². The van der Waals surface area contributed by atoms with Gasteiger partial charge in [0, 0.05) is 31.4 Å². The summed E-state index contributed by atoms with van der Waals surface area (Å²) >= 11 is 0. The molecule has 1 aromatic carbocycles. The molecule has 3 rings (SSSR count). The van der Waals surface area contributed by atoms with Crippen LogP contribution < -0.4 is 9.47 Å². The molecule has 2 heterocycles. The molecule has 35 heavy (non-hydrogen) atoms. The highest BCUT2D eigenvalue weighted by atomic mass is 35.5. The van der Waals surface area contributed by atoms with Crippen LogP contribution >= 0.6 is 12.4 Å². The number of pyridine rings is 1. The largest absolute Gasteiger partial charge is 0.494 e. The van der Waals surface area contributed by atoms with Crippen LogP contribution in [0.5, 0.6) is 17.4 Å². The molecule has 1 saturated heterocycles. The van der Waals surface area contributed by atoms with Gasteiger partial charge in [-0.15, -0.1) is 12.4 Å². The zero-order chi connectivity index (χ0) is 24.9. The van der Waals surface area contributed by atoms with Crippen molar-refractivity contribution >= 4 is 24.6 Å². The fraction of sp³-hybridized carbons (Fsp3) is 0.440. The van der Waals surface area contributed by atoms with Crippen molar-refractivity contribution < 1.29 is 32.2 Å². The van der Waals surface area contributed by atoms with Crippen LogP contribution in [0.3, 0.4) is 0 Å². The van der Waals surface area contributed by atoms with Crippen LogP contribution in [0.2, 0.25) is 0 Å². The van der Waals surface area contributed by atoms with E-state index < -0.39 is 17.3 Å². The molecule has 0 atom stereocenters. The predicted octanol–water partition coefficient (Wildman–Crippen LogP) is 7.13. The van der Waals surface area contributed by atoms with Gasteiger partial charge in [0.1, 0.15) is 17.1 Å². The summed E-state index contributed by atoms with van der Waals surface area (Å²) in [5, 5.41) is 0. The molecule has 6 nitrogen and oxygen atoms in total. The highest BCUT2D eigenvalue weighted by Gasteiger charge is 2.30. The van der Waals surface area contributed by atoms with Gasteiger partial charge in [0.15, 0.2) is 0 Å². The molecular formula is C25H30ClF3N2O4. The summed E-state index contributed by atoms with van der Waals surface area (Å²) in [6, 6.07) is 7.41. The fourth-order valence-electron chi connectivity index (χ4n) is 3.40. The summed E-state index contributed by atoms with van der Waals surface area (Å²) in [5.74, 6) is 1.02. The lowest BCUT2D eigenvalue weighted by Crippen LogP contribution is -2.40. The van der Waals surface area contributed by atoms with Crippen LogP contribution in [0.4, 0.5) is 18.0 Å². The Balaban J connectivity index is 0.00000432. The number of hydrogen-bond acceptors (Lipinski definition) is 5. The van der Waals surface area contributed by atoms with Gasteiger partial charge < -0.3 is 19.1 Å². The van der Waals surface area contributed by atoms with E-state index in [4.69, 9.17) is 14.2 Å². The van der Waals surface area contributed by atoms with Crippen molar-refractivity contribution in [3.63, 3.8) is 0 Å². The summed E-state index contributed by atoms with van der Waals surface area (Å²) in [6.07, 6.45) is -0.613. The van der Waals surface area contributed by atoms with Crippen molar-refractivity contribution in [3.05, 3.63) is 53.2 Å². The van der Waals surface area contributed by atoms with Crippen LogP contribution in [0, 0.1) is 0 Å². The molecule has 0 aliphatic carbocycles. The number of ether oxygens (including phenoxy) is 3. The van der Waals surface area contributed by atoms with Crippen molar-refractivity contribution in [2.24, 2.45) is 0 Å². The Kier molecular flexibility index (Phi) is 9.43. The number of carbonyl (C=O) groups excluding carboxylic acids is 1. The maximum absolute atomic E-state index is 12.8. The van der Waals surface area contributed by atoms with Gasteiger partial charge in [-0.05, 0) is 64.3 Å². The first-order valence-electron chi connectivity index (χ1n) is 11.1. The van der Waals surface area contributed by atoms with E-state index in [0.29, 0.717) is 44.0 Å². The van der Waals surface area contributed by atoms with Crippen LogP contribution in [0.1, 0.15) is 51.7 Å². The average molecular weight is 515 g/mol. The molecule has 0 bridgehead atoms. The van der Waals surface area contributed by atoms with E-state index in [1.165, 1.54) is 6.07 Å². The van der Waals surface area contributed by atoms with Crippen LogP contribution in [-0.2, 0) is 10.9 Å². The lowest BCUT2D eigenvalue weighted by Gasteiger charge is -2.31. The minimum atomic E-state index is -4.46. The predicted molar refractivity (Wildman–Crippen MR) is 129 cm³/mol. The third-order valence-corrected chi connectivity index (χ3v) is 4.93. The third kappa shape index (κ3) is 8.65. The van der Waals surface area contributed by atoms with Crippen molar-refractivity contribution in [3.8, 4) is 17.4 Å². The van der Waals surface area contributed by atoms with Gasteiger partial charge in [-0.2, -0.15) is 13.2 Å². The highest BCUT2D eigenvalue weighted by molar-refractivity contribution is 5.85. The Morgan fingerprint density at radius 1 is 1.09 bits per heavy atom. The molecule has 192 valence electrons. The molecule has 0 spiro atoms. The molecule has 1 aliphatic heterocycles. The number of hydrogen-bond donors (Lipinski definition) is 0. The molecule has 0 N–H and O–H groups in total. The number of nitrogens with zero attached hydrogens (tertiary/aromatic N) is 2. The second-order valence-corrected chi connectivity index (χ2v) is 8.93. The molecule has 1 aliphatic rings. The number of benzene rings is 1. The number of likely N-dealkylation sites (tertiary alicyclic amines) is 1. The Labute approximate surface area is 209 Å². The molecule has 0 radical (unpaired) electrons. The minimum absolute atomic E-state index is 0. The van der Waals surface area contributed by atoms with Gasteiger partial charge in [0.25, 0.3) is 0 Å². The monoisotopic (exact) mass is 514 g/mol. The van der Waals surface area contributed by atoms with Crippen molar-refractivity contribution in [2.45, 2.75) is 52.3 Å². The van der Waals surface area contributed by atoms with E-state index in [-0.39, 0.29) is 24.4 Å². The summed E-state index contributed by atoms with van der Waals surface area (Å²) < 4.78 is 55.1. The Morgan fingerprint density at radius 2 is 1.74 bits per heavy atom. The summed E-state index contributed by atoms with van der Waals surface area (Å²) in [5.41, 5.74) is 0.609. The zero-order valence-corrected chi connectivity index (χ0v) is 21.0. The number of halogens is 4. The second-order valence-electron chi connectivity index (χ2n) is 8.93. The first kappa shape index (κ1) is 28.3. The number of piperidine rings is 1. The SMILES string of the molecule is CCOc1cc(C=C2CCN(C(=O)OC(C)(C)C)CC2)cc(Oc2ccc(C(F)(F)F)cn2)c1.Cl. The lowest BCUT2D eigenvalue weighted by molar-refractivity contribution is -0.137. The Bertz CT molecular complexity index is 1020. The molecular weight excluding hydrogens is 485 g/mol. The summed E-state index contributed by atoms with van der Waals surface area (Å²) in [6.45, 7) is 8.94. The van der Waals surface area contributed by atoms with E-state index in [1.807, 2.05) is 39.8 Å². The van der Waals surface area contributed by atoms with Crippen LogP contribution in [0.25, 0.3) is 6.08 Å². The molecule has 10 heteroatoms. The normalized spacial score (nSPS) is 14.1. The first-order chi connectivity index (χ1) is 15.9. The maximum Gasteiger partial charge on any atom is 0.417 e. The van der Waals surface area contributed by atoms with E-state index >= 15 is 0 Å². The van der Waals surface area contributed by atoms with E-state index in [9.17, 15) is 18.0 Å². The Hall–Kier alpha value is -2.94. The van der Waals surface area contributed by atoms with Gasteiger partial charge >= 0.3 is 12.3 Å². The number of aromatic nitrogens is 1. The minimum Gasteiger partial charge on any atom is -0.494 e. The van der Waals surface area contributed by atoms with Gasteiger partial charge in [0.05, 0.1) is 12.2 Å². The van der Waals surface area contributed by atoms with Crippen molar-refractivity contribution in [1.29, 1.82) is 0 Å². The molecule has 0 unspecified atom stereocenters. The Morgan fingerprint density at radius 3 is 2.29 bits per heavy atom. The maximum atomic E-state index is 12.8. The topological polar surface area (TPSA) is 60.9 Å². The van der Waals surface area contributed by atoms with Gasteiger partial charge in [-0.25, -0.2) is 9.78 Å². The smallest absolute Gasteiger partial charge is 0.417 e. The molecule has 2 aromatic rings.